The molecular formula is C16H20O4. The highest BCUT2D eigenvalue weighted by atomic mass is 16.7. The highest BCUT2D eigenvalue weighted by molar-refractivity contribution is 6.05. The Labute approximate surface area is 119 Å². The maximum atomic E-state index is 12.4. The van der Waals surface area contributed by atoms with Gasteiger partial charge in [-0.2, -0.15) is 0 Å². The van der Waals surface area contributed by atoms with Gasteiger partial charge in [0, 0.05) is 7.11 Å². The van der Waals surface area contributed by atoms with Crippen LogP contribution in [0.25, 0.3) is 0 Å². The van der Waals surface area contributed by atoms with Crippen molar-refractivity contribution in [3.8, 4) is 5.75 Å². The molecule has 0 bridgehead atoms. The minimum atomic E-state index is -0.456. The van der Waals surface area contributed by atoms with Gasteiger partial charge >= 0.3 is 0 Å². The number of carbonyl (C=O) groups excluding carboxylic acids is 1. The van der Waals surface area contributed by atoms with Crippen LogP contribution < -0.4 is 4.74 Å². The zero-order valence-corrected chi connectivity index (χ0v) is 12.3. The van der Waals surface area contributed by atoms with Gasteiger partial charge in [-0.05, 0) is 30.9 Å². The van der Waals surface area contributed by atoms with E-state index in [0.717, 1.165) is 17.5 Å². The molecule has 0 saturated carbocycles. The second-order valence-electron chi connectivity index (χ2n) is 5.88. The lowest BCUT2D eigenvalue weighted by Crippen LogP contribution is -2.27. The average molecular weight is 276 g/mol. The zero-order valence-electron chi connectivity index (χ0n) is 12.3. The molecule has 2 aliphatic rings. The van der Waals surface area contributed by atoms with Crippen LogP contribution in [0.15, 0.2) is 12.1 Å². The van der Waals surface area contributed by atoms with Crippen LogP contribution in [0.4, 0.5) is 0 Å². The van der Waals surface area contributed by atoms with Gasteiger partial charge in [0.1, 0.15) is 5.75 Å². The van der Waals surface area contributed by atoms with E-state index in [1.54, 1.807) is 7.11 Å². The normalized spacial score (nSPS) is 28.2. The third-order valence-electron chi connectivity index (χ3n) is 3.97. The first-order valence-electron chi connectivity index (χ1n) is 7.07. The first-order valence-corrected chi connectivity index (χ1v) is 7.07. The van der Waals surface area contributed by atoms with Crippen LogP contribution in [0, 0.1) is 5.92 Å². The van der Waals surface area contributed by atoms with Gasteiger partial charge in [0.25, 0.3) is 0 Å². The van der Waals surface area contributed by atoms with Crippen LogP contribution in [-0.4, -0.2) is 25.1 Å². The number of rotatable bonds is 2. The number of benzene rings is 1. The van der Waals surface area contributed by atoms with Gasteiger partial charge in [0.05, 0.1) is 17.2 Å². The standard InChI is InChI=1S/C16H20O4/c1-8(2)14-13(17)11-6-5-10-7-9(3)19-16(18-4)12(10)15(11)20-14/h5-6,8-9,14,16H,7H2,1-4H3/t9-,14?,16+/m1/s1. The topological polar surface area (TPSA) is 44.8 Å². The highest BCUT2D eigenvalue weighted by Gasteiger charge is 2.40. The second-order valence-corrected chi connectivity index (χ2v) is 5.88. The Morgan fingerprint density at radius 1 is 1.35 bits per heavy atom. The first-order chi connectivity index (χ1) is 9.52. The number of Topliss-reactive ketones (excluding diaryl/α,β-unsaturated/α-hetero) is 1. The molecule has 4 nitrogen and oxygen atoms in total. The van der Waals surface area contributed by atoms with Crippen LogP contribution in [0.2, 0.25) is 0 Å². The Balaban J connectivity index is 2.10. The Bertz CT molecular complexity index is 550. The summed E-state index contributed by atoms with van der Waals surface area (Å²) in [5.41, 5.74) is 2.69. The van der Waals surface area contributed by atoms with Gasteiger partial charge in [-0.25, -0.2) is 0 Å². The largest absolute Gasteiger partial charge is 0.481 e. The third-order valence-corrected chi connectivity index (χ3v) is 3.97. The van der Waals surface area contributed by atoms with E-state index in [4.69, 9.17) is 14.2 Å². The van der Waals surface area contributed by atoms with Crippen molar-refractivity contribution in [1.82, 2.24) is 0 Å². The molecule has 3 atom stereocenters. The van der Waals surface area contributed by atoms with E-state index in [-0.39, 0.29) is 17.8 Å². The number of carbonyl (C=O) groups is 1. The van der Waals surface area contributed by atoms with Gasteiger partial charge in [-0.3, -0.25) is 4.79 Å². The molecule has 0 spiro atoms. The predicted molar refractivity (Wildman–Crippen MR) is 74.0 cm³/mol. The van der Waals surface area contributed by atoms with E-state index in [9.17, 15) is 4.79 Å². The summed E-state index contributed by atoms with van der Waals surface area (Å²) in [7, 11) is 1.61. The second kappa shape index (κ2) is 4.86. The smallest absolute Gasteiger partial charge is 0.207 e. The zero-order chi connectivity index (χ0) is 14.4. The van der Waals surface area contributed by atoms with Crippen molar-refractivity contribution >= 4 is 5.78 Å². The van der Waals surface area contributed by atoms with Gasteiger partial charge in [0.15, 0.2) is 12.4 Å². The molecule has 0 saturated heterocycles. The molecule has 0 amide bonds. The van der Waals surface area contributed by atoms with Crippen LogP contribution in [0.1, 0.15) is 48.5 Å². The summed E-state index contributed by atoms with van der Waals surface area (Å²) in [6.45, 7) is 6.01. The van der Waals surface area contributed by atoms with E-state index in [0.29, 0.717) is 11.3 Å². The van der Waals surface area contributed by atoms with Crippen molar-refractivity contribution in [3.63, 3.8) is 0 Å². The van der Waals surface area contributed by atoms with Gasteiger partial charge < -0.3 is 14.2 Å². The number of ether oxygens (including phenoxy) is 3. The van der Waals surface area contributed by atoms with Gasteiger partial charge in [-0.1, -0.05) is 19.9 Å². The third kappa shape index (κ3) is 1.95. The molecule has 0 fully saturated rings. The fourth-order valence-electron chi connectivity index (χ4n) is 2.98. The summed E-state index contributed by atoms with van der Waals surface area (Å²) in [6.07, 6.45) is 0.0612. The SMILES string of the molecule is CO[C@H]1O[C@H](C)Cc2ccc3c(c21)OC(C(C)C)C3=O. The van der Waals surface area contributed by atoms with Crippen molar-refractivity contribution < 1.29 is 19.0 Å². The maximum absolute atomic E-state index is 12.4. The maximum Gasteiger partial charge on any atom is 0.207 e. The molecule has 0 radical (unpaired) electrons. The molecule has 1 unspecified atom stereocenters. The quantitative estimate of drug-likeness (QED) is 0.833. The van der Waals surface area contributed by atoms with Crippen LogP contribution >= 0.6 is 0 Å². The molecule has 1 aromatic rings. The molecule has 20 heavy (non-hydrogen) atoms. The number of fused-ring (bicyclic) bond motifs is 3. The molecular weight excluding hydrogens is 256 g/mol. The summed E-state index contributed by atoms with van der Waals surface area (Å²) in [6, 6.07) is 3.88. The molecule has 4 heteroatoms. The Kier molecular flexibility index (Phi) is 3.30. The summed E-state index contributed by atoms with van der Waals surface area (Å²) in [5, 5.41) is 0. The van der Waals surface area contributed by atoms with Crippen molar-refractivity contribution in [2.24, 2.45) is 5.92 Å². The van der Waals surface area contributed by atoms with Crippen molar-refractivity contribution in [2.75, 3.05) is 7.11 Å². The predicted octanol–water partition coefficient (Wildman–Crippen LogP) is 2.89. The molecule has 3 rings (SSSR count). The van der Waals surface area contributed by atoms with Crippen molar-refractivity contribution in [1.29, 1.82) is 0 Å². The lowest BCUT2D eigenvalue weighted by molar-refractivity contribution is -0.164. The van der Waals surface area contributed by atoms with Crippen LogP contribution in [0.5, 0.6) is 5.75 Å². The minimum absolute atomic E-state index is 0.0614. The van der Waals surface area contributed by atoms with Gasteiger partial charge in [0.2, 0.25) is 5.78 Å². The van der Waals surface area contributed by atoms with E-state index < -0.39 is 12.4 Å². The van der Waals surface area contributed by atoms with E-state index >= 15 is 0 Å². The molecule has 0 N–H and O–H groups in total. The molecule has 2 heterocycles. The van der Waals surface area contributed by atoms with Crippen molar-refractivity contribution in [3.05, 3.63) is 28.8 Å². The lowest BCUT2D eigenvalue weighted by atomic mass is 9.93. The Morgan fingerprint density at radius 3 is 2.75 bits per heavy atom. The summed E-state index contributed by atoms with van der Waals surface area (Å²) in [4.78, 5) is 12.4. The van der Waals surface area contributed by atoms with Crippen LogP contribution in [0.3, 0.4) is 0 Å². The first kappa shape index (κ1) is 13.6. The molecule has 0 aromatic heterocycles. The fourth-order valence-corrected chi connectivity index (χ4v) is 2.98. The average Bonchev–Trinajstić information content (AvgIpc) is 2.75. The number of hydrogen-bond acceptors (Lipinski definition) is 4. The van der Waals surface area contributed by atoms with Gasteiger partial charge in [-0.15, -0.1) is 0 Å². The van der Waals surface area contributed by atoms with Crippen LogP contribution in [-0.2, 0) is 15.9 Å². The molecule has 0 aliphatic carbocycles. The highest BCUT2D eigenvalue weighted by Crippen LogP contribution is 2.43. The Hall–Kier alpha value is -1.39. The fraction of sp³-hybridized carbons (Fsp3) is 0.562. The number of ketones is 1. The minimum Gasteiger partial charge on any atom is -0.481 e. The summed E-state index contributed by atoms with van der Waals surface area (Å²) in [5.74, 6) is 0.867. The van der Waals surface area contributed by atoms with E-state index in [1.165, 1.54) is 0 Å². The summed E-state index contributed by atoms with van der Waals surface area (Å²) < 4.78 is 17.2. The van der Waals surface area contributed by atoms with E-state index in [2.05, 4.69) is 0 Å². The number of hydrogen-bond donors (Lipinski definition) is 0. The summed E-state index contributed by atoms with van der Waals surface area (Å²) >= 11 is 0. The lowest BCUT2D eigenvalue weighted by Gasteiger charge is -2.30. The Morgan fingerprint density at radius 2 is 2.10 bits per heavy atom. The van der Waals surface area contributed by atoms with E-state index in [1.807, 2.05) is 32.9 Å². The number of methoxy groups -OCH3 is 1. The van der Waals surface area contributed by atoms with Crippen molar-refractivity contribution in [2.45, 2.75) is 45.7 Å². The molecule has 2 aliphatic heterocycles. The molecule has 108 valence electrons. The molecule has 1 aromatic carbocycles. The monoisotopic (exact) mass is 276 g/mol.